The van der Waals surface area contributed by atoms with E-state index in [0.717, 1.165) is 9.87 Å². The zero-order valence-corrected chi connectivity index (χ0v) is 16.0. The Morgan fingerprint density at radius 2 is 1.77 bits per heavy atom. The second kappa shape index (κ2) is 7.84. The molecule has 0 bridgehead atoms. The van der Waals surface area contributed by atoms with Crippen LogP contribution in [0, 0.1) is 6.92 Å². The van der Waals surface area contributed by atoms with Gasteiger partial charge in [0, 0.05) is 11.1 Å². The number of aliphatic carboxylic acids is 1. The van der Waals surface area contributed by atoms with E-state index in [2.05, 4.69) is 0 Å². The van der Waals surface area contributed by atoms with Crippen LogP contribution in [-0.4, -0.2) is 40.3 Å². The summed E-state index contributed by atoms with van der Waals surface area (Å²) < 4.78 is 37.1. The molecule has 26 heavy (non-hydrogen) atoms. The maximum Gasteiger partial charge on any atom is 0.324 e. The lowest BCUT2D eigenvalue weighted by molar-refractivity contribution is -0.135. The molecule has 0 aliphatic heterocycles. The van der Waals surface area contributed by atoms with Gasteiger partial charge in [0.2, 0.25) is 0 Å². The normalized spacial score (nSPS) is 11.1. The van der Waals surface area contributed by atoms with E-state index < -0.39 is 22.5 Å². The molecule has 0 saturated heterocycles. The van der Waals surface area contributed by atoms with Crippen molar-refractivity contribution in [2.75, 3.05) is 25.1 Å². The summed E-state index contributed by atoms with van der Waals surface area (Å²) >= 11 is 6.07. The molecule has 0 unspecified atom stereocenters. The molecular formula is C17H18ClNO6S. The van der Waals surface area contributed by atoms with Crippen molar-refractivity contribution in [1.29, 1.82) is 0 Å². The van der Waals surface area contributed by atoms with Gasteiger partial charge in [-0.3, -0.25) is 9.10 Å². The van der Waals surface area contributed by atoms with E-state index in [4.69, 9.17) is 21.1 Å². The number of methoxy groups -OCH3 is 2. The van der Waals surface area contributed by atoms with Crippen LogP contribution in [-0.2, 0) is 14.8 Å². The molecule has 2 aromatic carbocycles. The van der Waals surface area contributed by atoms with Crippen LogP contribution in [0.4, 0.5) is 5.69 Å². The minimum absolute atomic E-state index is 0.131. The van der Waals surface area contributed by atoms with E-state index in [1.807, 2.05) is 0 Å². The molecular weight excluding hydrogens is 382 g/mol. The molecule has 2 aromatic rings. The Bertz CT molecular complexity index is 929. The molecule has 0 spiro atoms. The third-order valence-electron chi connectivity index (χ3n) is 3.67. The number of nitrogens with zero attached hydrogens (tertiary/aromatic N) is 1. The number of anilines is 1. The van der Waals surface area contributed by atoms with Crippen LogP contribution in [0.1, 0.15) is 5.56 Å². The Labute approximate surface area is 156 Å². The van der Waals surface area contributed by atoms with Crippen molar-refractivity contribution in [2.24, 2.45) is 0 Å². The van der Waals surface area contributed by atoms with Crippen molar-refractivity contribution in [2.45, 2.75) is 11.8 Å². The van der Waals surface area contributed by atoms with Crippen LogP contribution in [0.25, 0.3) is 0 Å². The quantitative estimate of drug-likeness (QED) is 0.769. The van der Waals surface area contributed by atoms with Gasteiger partial charge in [-0.05, 0) is 36.8 Å². The number of halogens is 1. The van der Waals surface area contributed by atoms with Crippen LogP contribution >= 0.6 is 11.6 Å². The van der Waals surface area contributed by atoms with Crippen molar-refractivity contribution in [3.63, 3.8) is 0 Å². The molecule has 0 aliphatic rings. The summed E-state index contributed by atoms with van der Waals surface area (Å²) in [6.45, 7) is 1.01. The van der Waals surface area contributed by atoms with Gasteiger partial charge in [-0.1, -0.05) is 17.7 Å². The Hall–Kier alpha value is -2.45. The van der Waals surface area contributed by atoms with Crippen molar-refractivity contribution in [3.05, 3.63) is 47.0 Å². The highest BCUT2D eigenvalue weighted by Gasteiger charge is 2.28. The largest absolute Gasteiger partial charge is 0.493 e. The first-order valence-corrected chi connectivity index (χ1v) is 9.25. The monoisotopic (exact) mass is 399 g/mol. The lowest BCUT2D eigenvalue weighted by Crippen LogP contribution is -2.35. The molecule has 0 fully saturated rings. The highest BCUT2D eigenvalue weighted by atomic mass is 35.5. The third-order valence-corrected chi connectivity index (χ3v) is 5.84. The maximum atomic E-state index is 13.1. The highest BCUT2D eigenvalue weighted by molar-refractivity contribution is 7.92. The lowest BCUT2D eigenvalue weighted by atomic mass is 10.2. The van der Waals surface area contributed by atoms with Crippen LogP contribution < -0.4 is 13.8 Å². The number of carboxylic acid groups (broad SMARTS) is 1. The van der Waals surface area contributed by atoms with E-state index >= 15 is 0 Å². The Kier molecular flexibility index (Phi) is 5.99. The predicted octanol–water partition coefficient (Wildman–Crippen LogP) is 2.95. The molecule has 1 N–H and O–H groups in total. The average Bonchev–Trinajstić information content (AvgIpc) is 2.61. The molecule has 0 heterocycles. The van der Waals surface area contributed by atoms with Crippen LogP contribution in [0.2, 0.25) is 5.02 Å². The number of benzene rings is 2. The maximum absolute atomic E-state index is 13.1. The Morgan fingerprint density at radius 3 is 2.31 bits per heavy atom. The summed E-state index contributed by atoms with van der Waals surface area (Å²) in [6, 6.07) is 8.57. The van der Waals surface area contributed by atoms with E-state index in [0.29, 0.717) is 10.8 Å². The number of ether oxygens (including phenoxy) is 2. The second-order valence-corrected chi connectivity index (χ2v) is 7.63. The third kappa shape index (κ3) is 4.03. The van der Waals surface area contributed by atoms with E-state index in [1.165, 1.54) is 44.6 Å². The molecule has 140 valence electrons. The van der Waals surface area contributed by atoms with Gasteiger partial charge in [-0.15, -0.1) is 0 Å². The first kappa shape index (κ1) is 19.9. The van der Waals surface area contributed by atoms with Crippen LogP contribution in [0.3, 0.4) is 0 Å². The SMILES string of the molecule is COc1ccc(S(=O)(=O)N(CC(=O)O)c2ccc(C)c(Cl)c2)cc1OC. The molecule has 0 atom stereocenters. The molecule has 2 rings (SSSR count). The van der Waals surface area contributed by atoms with Gasteiger partial charge in [0.1, 0.15) is 6.54 Å². The van der Waals surface area contributed by atoms with Gasteiger partial charge < -0.3 is 14.6 Å². The zero-order chi connectivity index (χ0) is 19.5. The topological polar surface area (TPSA) is 93.1 Å². The summed E-state index contributed by atoms with van der Waals surface area (Å²) in [4.78, 5) is 11.1. The van der Waals surface area contributed by atoms with Crippen molar-refractivity contribution in [3.8, 4) is 11.5 Å². The molecule has 7 nitrogen and oxygen atoms in total. The van der Waals surface area contributed by atoms with Gasteiger partial charge in [0.25, 0.3) is 10.0 Å². The minimum Gasteiger partial charge on any atom is -0.493 e. The number of carbonyl (C=O) groups is 1. The molecule has 0 saturated carbocycles. The number of hydrogen-bond donors (Lipinski definition) is 1. The minimum atomic E-state index is -4.18. The summed E-state index contributed by atoms with van der Waals surface area (Å²) in [5, 5.41) is 9.51. The smallest absolute Gasteiger partial charge is 0.324 e. The summed E-state index contributed by atoms with van der Waals surface area (Å²) in [7, 11) is -1.37. The fourth-order valence-corrected chi connectivity index (χ4v) is 3.88. The van der Waals surface area contributed by atoms with Crippen LogP contribution in [0.5, 0.6) is 11.5 Å². The Morgan fingerprint density at radius 1 is 1.12 bits per heavy atom. The van der Waals surface area contributed by atoms with E-state index in [-0.39, 0.29) is 16.3 Å². The fourth-order valence-electron chi connectivity index (χ4n) is 2.28. The molecule has 0 aromatic heterocycles. The lowest BCUT2D eigenvalue weighted by Gasteiger charge is -2.23. The van der Waals surface area contributed by atoms with Gasteiger partial charge in [0.15, 0.2) is 11.5 Å². The molecule has 0 radical (unpaired) electrons. The van der Waals surface area contributed by atoms with Crippen LogP contribution in [0.15, 0.2) is 41.3 Å². The summed E-state index contributed by atoms with van der Waals surface area (Å²) in [6.07, 6.45) is 0. The van der Waals surface area contributed by atoms with Crippen molar-refractivity contribution >= 4 is 33.3 Å². The van der Waals surface area contributed by atoms with Gasteiger partial charge in [0.05, 0.1) is 24.8 Å². The van der Waals surface area contributed by atoms with Gasteiger partial charge in [-0.25, -0.2) is 8.42 Å². The van der Waals surface area contributed by atoms with Crippen molar-refractivity contribution < 1.29 is 27.8 Å². The fraction of sp³-hybridized carbons (Fsp3) is 0.235. The van der Waals surface area contributed by atoms with E-state index in [1.54, 1.807) is 13.0 Å². The predicted molar refractivity (Wildman–Crippen MR) is 97.9 cm³/mol. The van der Waals surface area contributed by atoms with E-state index in [9.17, 15) is 18.3 Å². The number of aryl methyl sites for hydroxylation is 1. The average molecular weight is 400 g/mol. The highest BCUT2D eigenvalue weighted by Crippen LogP contribution is 2.33. The standard InChI is InChI=1S/C17H18ClNO6S/c1-11-4-5-12(8-14(11)18)19(10-17(20)21)26(22,23)13-6-7-15(24-2)16(9-13)25-3/h4-9H,10H2,1-3H3,(H,20,21). The Balaban J connectivity index is 2.59. The number of hydrogen-bond acceptors (Lipinski definition) is 5. The molecule has 0 aliphatic carbocycles. The second-order valence-electron chi connectivity index (χ2n) is 5.36. The number of rotatable bonds is 7. The summed E-state index contributed by atoms with van der Waals surface area (Å²) in [5.74, 6) is -0.730. The number of sulfonamides is 1. The zero-order valence-electron chi connectivity index (χ0n) is 14.4. The van der Waals surface area contributed by atoms with Gasteiger partial charge >= 0.3 is 5.97 Å². The summed E-state index contributed by atoms with van der Waals surface area (Å²) in [5.41, 5.74) is 0.895. The first-order chi connectivity index (χ1) is 12.2. The first-order valence-electron chi connectivity index (χ1n) is 7.43. The van der Waals surface area contributed by atoms with Gasteiger partial charge in [-0.2, -0.15) is 0 Å². The van der Waals surface area contributed by atoms with Crippen molar-refractivity contribution in [1.82, 2.24) is 0 Å². The molecule has 9 heteroatoms. The number of carboxylic acids is 1. The molecule has 0 amide bonds.